The SMILES string of the molecule is CCNC(=NCc1ccc(S(=O)(=O)NC)cc1)N(C)CCOc1ccc(Cl)cc1.I. The van der Waals surface area contributed by atoms with E-state index in [1.54, 1.807) is 36.4 Å². The largest absolute Gasteiger partial charge is 0.492 e. The van der Waals surface area contributed by atoms with Crippen LogP contribution in [0.3, 0.4) is 0 Å². The van der Waals surface area contributed by atoms with E-state index in [0.717, 1.165) is 23.8 Å². The van der Waals surface area contributed by atoms with Crippen LogP contribution in [-0.2, 0) is 16.6 Å². The van der Waals surface area contributed by atoms with Crippen LogP contribution in [0.2, 0.25) is 5.02 Å². The van der Waals surface area contributed by atoms with Crippen molar-refractivity contribution in [2.75, 3.05) is 33.8 Å². The predicted molar refractivity (Wildman–Crippen MR) is 132 cm³/mol. The summed E-state index contributed by atoms with van der Waals surface area (Å²) in [7, 11) is -0.100. The molecule has 2 aromatic rings. The van der Waals surface area contributed by atoms with Crippen molar-refractivity contribution in [3.63, 3.8) is 0 Å². The Kier molecular flexibility index (Phi) is 11.5. The monoisotopic (exact) mass is 566 g/mol. The van der Waals surface area contributed by atoms with Gasteiger partial charge in [-0.2, -0.15) is 0 Å². The van der Waals surface area contributed by atoms with Crippen LogP contribution in [-0.4, -0.2) is 53.1 Å². The summed E-state index contributed by atoms with van der Waals surface area (Å²) in [5, 5.41) is 3.92. The van der Waals surface area contributed by atoms with E-state index in [9.17, 15) is 8.42 Å². The Morgan fingerprint density at radius 1 is 1.13 bits per heavy atom. The molecule has 30 heavy (non-hydrogen) atoms. The van der Waals surface area contributed by atoms with Crippen LogP contribution in [0, 0.1) is 0 Å². The van der Waals surface area contributed by atoms with E-state index in [2.05, 4.69) is 15.0 Å². The standard InChI is InChI=1S/C20H27ClN4O3S.HI/c1-4-23-20(25(3)13-14-28-18-9-7-17(21)8-10-18)24-15-16-5-11-19(12-6-16)29(26,27)22-2;/h5-12,22H,4,13-15H2,1-3H3,(H,23,24);1H. The third-order valence-corrected chi connectivity index (χ3v) is 5.80. The lowest BCUT2D eigenvalue weighted by atomic mass is 10.2. The van der Waals surface area contributed by atoms with Gasteiger partial charge >= 0.3 is 0 Å². The fourth-order valence-corrected chi connectivity index (χ4v) is 3.32. The average Bonchev–Trinajstić information content (AvgIpc) is 2.72. The van der Waals surface area contributed by atoms with E-state index < -0.39 is 10.0 Å². The first-order valence-corrected chi connectivity index (χ1v) is 11.1. The van der Waals surface area contributed by atoms with Crippen molar-refractivity contribution in [3.05, 3.63) is 59.1 Å². The van der Waals surface area contributed by atoms with Crippen LogP contribution < -0.4 is 14.8 Å². The van der Waals surface area contributed by atoms with Crippen LogP contribution in [0.4, 0.5) is 0 Å². The summed E-state index contributed by atoms with van der Waals surface area (Å²) < 4.78 is 31.6. The third kappa shape index (κ3) is 8.29. The number of hydrogen-bond donors (Lipinski definition) is 2. The van der Waals surface area contributed by atoms with Crippen molar-refractivity contribution in [1.29, 1.82) is 0 Å². The van der Waals surface area contributed by atoms with Gasteiger partial charge in [0.25, 0.3) is 0 Å². The summed E-state index contributed by atoms with van der Waals surface area (Å²) in [6.07, 6.45) is 0. The maximum Gasteiger partial charge on any atom is 0.240 e. The summed E-state index contributed by atoms with van der Waals surface area (Å²) in [4.78, 5) is 6.84. The molecular formula is C20H28ClIN4O3S. The summed E-state index contributed by atoms with van der Waals surface area (Å²) >= 11 is 5.88. The molecule has 0 heterocycles. The van der Waals surface area contributed by atoms with Crippen molar-refractivity contribution in [2.24, 2.45) is 4.99 Å². The Hall–Kier alpha value is -1.56. The quantitative estimate of drug-likeness (QED) is 0.276. The third-order valence-electron chi connectivity index (χ3n) is 4.12. The summed E-state index contributed by atoms with van der Waals surface area (Å²) in [5.41, 5.74) is 0.918. The van der Waals surface area contributed by atoms with Gasteiger partial charge in [-0.25, -0.2) is 18.1 Å². The first-order chi connectivity index (χ1) is 13.9. The molecular weight excluding hydrogens is 539 g/mol. The molecule has 0 aliphatic carbocycles. The van der Waals surface area contributed by atoms with Gasteiger partial charge in [-0.05, 0) is 55.9 Å². The highest BCUT2D eigenvalue weighted by molar-refractivity contribution is 14.0. The van der Waals surface area contributed by atoms with Crippen LogP contribution in [0.15, 0.2) is 58.4 Å². The number of aliphatic imine (C=N–C) groups is 1. The number of ether oxygens (including phenoxy) is 1. The molecule has 0 aliphatic heterocycles. The molecule has 0 amide bonds. The molecule has 0 aromatic heterocycles. The summed E-state index contributed by atoms with van der Waals surface area (Å²) in [6.45, 7) is 4.32. The normalized spacial score (nSPS) is 11.5. The molecule has 7 nitrogen and oxygen atoms in total. The smallest absolute Gasteiger partial charge is 0.240 e. The van der Waals surface area contributed by atoms with Crippen molar-refractivity contribution < 1.29 is 13.2 Å². The Balaban J connectivity index is 0.00000450. The number of guanidine groups is 1. The lowest BCUT2D eigenvalue weighted by Gasteiger charge is -2.22. The van der Waals surface area contributed by atoms with Gasteiger partial charge in [0.2, 0.25) is 10.0 Å². The first kappa shape index (κ1) is 26.5. The van der Waals surface area contributed by atoms with Crippen molar-refractivity contribution in [2.45, 2.75) is 18.4 Å². The number of likely N-dealkylation sites (N-methyl/N-ethyl adjacent to an activating group) is 1. The minimum atomic E-state index is -3.43. The number of halogens is 2. The van der Waals surface area contributed by atoms with Crippen molar-refractivity contribution in [1.82, 2.24) is 14.9 Å². The second kappa shape index (κ2) is 13.0. The number of hydrogen-bond acceptors (Lipinski definition) is 4. The number of benzene rings is 2. The van der Waals surface area contributed by atoms with E-state index in [1.165, 1.54) is 7.05 Å². The molecule has 2 aromatic carbocycles. The van der Waals surface area contributed by atoms with Gasteiger partial charge in [-0.15, -0.1) is 24.0 Å². The summed E-state index contributed by atoms with van der Waals surface area (Å²) in [5.74, 6) is 1.51. The second-order valence-electron chi connectivity index (χ2n) is 6.25. The molecule has 0 unspecified atom stereocenters. The Labute approximate surface area is 200 Å². The minimum Gasteiger partial charge on any atom is -0.492 e. The highest BCUT2D eigenvalue weighted by Gasteiger charge is 2.10. The van der Waals surface area contributed by atoms with E-state index in [1.807, 2.05) is 31.0 Å². The molecule has 0 radical (unpaired) electrons. The first-order valence-electron chi connectivity index (χ1n) is 9.26. The van der Waals surface area contributed by atoms with Crippen molar-refractivity contribution >= 4 is 51.6 Å². The van der Waals surface area contributed by atoms with Crippen LogP contribution in [0.1, 0.15) is 12.5 Å². The molecule has 0 saturated carbocycles. The highest BCUT2D eigenvalue weighted by atomic mass is 127. The lowest BCUT2D eigenvalue weighted by Crippen LogP contribution is -2.40. The van der Waals surface area contributed by atoms with Gasteiger partial charge in [0.1, 0.15) is 12.4 Å². The molecule has 0 spiro atoms. The van der Waals surface area contributed by atoms with E-state index >= 15 is 0 Å². The Bertz CT molecular complexity index is 907. The van der Waals surface area contributed by atoms with Gasteiger partial charge in [-0.1, -0.05) is 23.7 Å². The average molecular weight is 567 g/mol. The molecule has 10 heteroatoms. The maximum absolute atomic E-state index is 11.8. The zero-order valence-corrected chi connectivity index (χ0v) is 21.2. The second-order valence-corrected chi connectivity index (χ2v) is 8.57. The van der Waals surface area contributed by atoms with E-state index in [0.29, 0.717) is 24.7 Å². The molecule has 0 saturated heterocycles. The molecule has 0 fully saturated rings. The minimum absolute atomic E-state index is 0. The number of nitrogens with zero attached hydrogens (tertiary/aromatic N) is 2. The fraction of sp³-hybridized carbons (Fsp3) is 0.350. The highest BCUT2D eigenvalue weighted by Crippen LogP contribution is 2.15. The molecule has 0 atom stereocenters. The predicted octanol–water partition coefficient (Wildman–Crippen LogP) is 3.34. The molecule has 166 valence electrons. The van der Waals surface area contributed by atoms with Gasteiger partial charge in [0.05, 0.1) is 18.0 Å². The Morgan fingerprint density at radius 2 is 1.77 bits per heavy atom. The number of nitrogens with one attached hydrogen (secondary N) is 2. The molecule has 0 aliphatic rings. The lowest BCUT2D eigenvalue weighted by molar-refractivity contribution is 0.281. The van der Waals surface area contributed by atoms with Gasteiger partial charge < -0.3 is 15.0 Å². The number of sulfonamides is 1. The van der Waals surface area contributed by atoms with Crippen LogP contribution >= 0.6 is 35.6 Å². The number of rotatable bonds is 9. The maximum atomic E-state index is 11.8. The van der Waals surface area contributed by atoms with E-state index in [-0.39, 0.29) is 28.9 Å². The zero-order valence-electron chi connectivity index (χ0n) is 17.3. The fourth-order valence-electron chi connectivity index (χ4n) is 2.46. The molecule has 2 rings (SSSR count). The Morgan fingerprint density at radius 3 is 2.33 bits per heavy atom. The summed E-state index contributed by atoms with van der Waals surface area (Å²) in [6, 6.07) is 13.9. The van der Waals surface area contributed by atoms with Gasteiger partial charge in [-0.3, -0.25) is 0 Å². The zero-order chi connectivity index (χ0) is 21.3. The molecule has 0 bridgehead atoms. The van der Waals surface area contributed by atoms with Gasteiger partial charge in [0, 0.05) is 18.6 Å². The van der Waals surface area contributed by atoms with Gasteiger partial charge in [0.15, 0.2) is 5.96 Å². The van der Waals surface area contributed by atoms with Crippen LogP contribution in [0.25, 0.3) is 0 Å². The van der Waals surface area contributed by atoms with E-state index in [4.69, 9.17) is 16.3 Å². The van der Waals surface area contributed by atoms with Crippen LogP contribution in [0.5, 0.6) is 5.75 Å². The topological polar surface area (TPSA) is 83.0 Å². The van der Waals surface area contributed by atoms with Crippen molar-refractivity contribution in [3.8, 4) is 5.75 Å². The molecule has 2 N–H and O–H groups in total.